The smallest absolute Gasteiger partial charge is 0.216 e. The summed E-state index contributed by atoms with van der Waals surface area (Å²) >= 11 is 0. The Morgan fingerprint density at radius 1 is 1.06 bits per heavy atom. The number of aliphatic hydroxyl groups is 1. The van der Waals surface area contributed by atoms with Crippen molar-refractivity contribution in [3.8, 4) is 5.75 Å². The molecule has 0 saturated heterocycles. The molecule has 1 aliphatic carbocycles. The SMILES string of the molecule is CCCCN(CCC)C1C=C(C(O)NCc2ccccc2)CC(S(N)(=O)=O)C1Oc1ccccc1. The number of hydrogen-bond donors (Lipinski definition) is 3. The van der Waals surface area contributed by atoms with Gasteiger partial charge in [-0.25, -0.2) is 13.6 Å². The van der Waals surface area contributed by atoms with Crippen LogP contribution in [0.1, 0.15) is 45.1 Å². The number of nitrogens with one attached hydrogen (secondary N) is 1. The minimum Gasteiger partial charge on any atom is -0.487 e. The number of unbranched alkanes of at least 4 members (excludes halogenated alkanes) is 1. The third-order valence-corrected chi connectivity index (χ3v) is 7.67. The maximum absolute atomic E-state index is 12.8. The minimum atomic E-state index is -3.96. The largest absolute Gasteiger partial charge is 0.487 e. The monoisotopic (exact) mass is 501 g/mol. The van der Waals surface area contributed by atoms with Gasteiger partial charge in [0.15, 0.2) is 0 Å². The van der Waals surface area contributed by atoms with Gasteiger partial charge in [0.25, 0.3) is 0 Å². The van der Waals surface area contributed by atoms with Crippen LogP contribution < -0.4 is 15.2 Å². The van der Waals surface area contributed by atoms with E-state index in [1.54, 1.807) is 0 Å². The molecule has 0 aliphatic heterocycles. The number of hydrogen-bond acceptors (Lipinski definition) is 6. The van der Waals surface area contributed by atoms with Crippen LogP contribution in [-0.2, 0) is 16.6 Å². The van der Waals surface area contributed by atoms with E-state index in [0.717, 1.165) is 37.9 Å². The molecule has 4 unspecified atom stereocenters. The van der Waals surface area contributed by atoms with Crippen molar-refractivity contribution in [2.24, 2.45) is 5.14 Å². The van der Waals surface area contributed by atoms with Crippen molar-refractivity contribution < 1.29 is 18.3 Å². The van der Waals surface area contributed by atoms with E-state index in [1.165, 1.54) is 0 Å². The van der Waals surface area contributed by atoms with Gasteiger partial charge >= 0.3 is 0 Å². The number of nitrogens with zero attached hydrogens (tertiary/aromatic N) is 1. The second-order valence-electron chi connectivity index (χ2n) is 9.12. The van der Waals surface area contributed by atoms with Gasteiger partial charge < -0.3 is 9.84 Å². The van der Waals surface area contributed by atoms with Gasteiger partial charge in [-0.1, -0.05) is 74.9 Å². The van der Waals surface area contributed by atoms with Crippen LogP contribution in [0.2, 0.25) is 0 Å². The van der Waals surface area contributed by atoms with Crippen LogP contribution in [0.4, 0.5) is 0 Å². The summed E-state index contributed by atoms with van der Waals surface area (Å²) in [5, 5.41) is 18.9. The summed E-state index contributed by atoms with van der Waals surface area (Å²) in [5.41, 5.74) is 1.65. The molecule has 4 N–H and O–H groups in total. The standard InChI is InChI=1S/C27H39N3O4S/c1-3-5-17-30(16-4-2)24-18-22(27(31)29-20-21-12-8-6-9-13-21)19-25(35(28,32)33)26(24)34-23-14-10-7-11-15-23/h6-15,18,24-27,29,31H,3-5,16-17,19-20H2,1-2H3,(H2,28,32,33). The molecule has 0 bridgehead atoms. The molecule has 192 valence electrons. The highest BCUT2D eigenvalue weighted by Crippen LogP contribution is 2.32. The van der Waals surface area contributed by atoms with E-state index < -0.39 is 27.6 Å². The number of sulfonamides is 1. The molecule has 7 nitrogen and oxygen atoms in total. The van der Waals surface area contributed by atoms with Crippen LogP contribution in [0.25, 0.3) is 0 Å². The molecule has 1 aliphatic rings. The molecular formula is C27H39N3O4S. The van der Waals surface area contributed by atoms with Crippen LogP contribution in [0.5, 0.6) is 5.75 Å². The van der Waals surface area contributed by atoms with Crippen molar-refractivity contribution in [3.05, 3.63) is 77.9 Å². The van der Waals surface area contributed by atoms with E-state index in [0.29, 0.717) is 17.9 Å². The fourth-order valence-electron chi connectivity index (χ4n) is 4.57. The molecular weight excluding hydrogens is 462 g/mol. The highest BCUT2D eigenvalue weighted by atomic mass is 32.2. The van der Waals surface area contributed by atoms with Gasteiger partial charge in [0.2, 0.25) is 10.0 Å². The van der Waals surface area contributed by atoms with Crippen molar-refractivity contribution in [2.75, 3.05) is 13.1 Å². The number of para-hydroxylation sites is 1. The molecule has 3 rings (SSSR count). The van der Waals surface area contributed by atoms with Crippen molar-refractivity contribution in [2.45, 2.75) is 69.7 Å². The summed E-state index contributed by atoms with van der Waals surface area (Å²) in [6, 6.07) is 18.7. The first-order chi connectivity index (χ1) is 16.8. The first-order valence-electron chi connectivity index (χ1n) is 12.5. The van der Waals surface area contributed by atoms with Gasteiger partial charge in [-0.15, -0.1) is 0 Å². The predicted octanol–water partition coefficient (Wildman–Crippen LogP) is 3.41. The zero-order valence-corrected chi connectivity index (χ0v) is 21.5. The fraction of sp³-hybridized carbons (Fsp3) is 0.481. The van der Waals surface area contributed by atoms with Gasteiger partial charge in [0.1, 0.15) is 23.3 Å². The molecule has 35 heavy (non-hydrogen) atoms. The normalized spacial score (nSPS) is 21.5. The summed E-state index contributed by atoms with van der Waals surface area (Å²) in [4.78, 5) is 2.26. The average molecular weight is 502 g/mol. The highest BCUT2D eigenvalue weighted by molar-refractivity contribution is 7.89. The topological polar surface area (TPSA) is 105 Å². The van der Waals surface area contributed by atoms with E-state index in [1.807, 2.05) is 66.7 Å². The zero-order valence-electron chi connectivity index (χ0n) is 20.7. The average Bonchev–Trinajstić information content (AvgIpc) is 2.86. The Hall–Kier alpha value is -2.23. The van der Waals surface area contributed by atoms with Crippen LogP contribution in [0.15, 0.2) is 72.3 Å². The van der Waals surface area contributed by atoms with Crippen molar-refractivity contribution in [1.29, 1.82) is 0 Å². The van der Waals surface area contributed by atoms with Crippen LogP contribution in [0.3, 0.4) is 0 Å². The molecule has 0 aromatic heterocycles. The lowest BCUT2D eigenvalue weighted by Gasteiger charge is -2.42. The zero-order chi connectivity index (χ0) is 25.3. The molecule has 0 spiro atoms. The number of ether oxygens (including phenoxy) is 1. The summed E-state index contributed by atoms with van der Waals surface area (Å²) < 4.78 is 32.0. The first kappa shape index (κ1) is 27.4. The first-order valence-corrected chi connectivity index (χ1v) is 14.1. The lowest BCUT2D eigenvalue weighted by atomic mass is 9.89. The summed E-state index contributed by atoms with van der Waals surface area (Å²) in [7, 11) is -3.96. The van der Waals surface area contributed by atoms with Crippen LogP contribution >= 0.6 is 0 Å². The number of primary sulfonamides is 1. The van der Waals surface area contributed by atoms with Crippen molar-refractivity contribution in [3.63, 3.8) is 0 Å². The quantitative estimate of drug-likeness (QED) is 0.287. The Morgan fingerprint density at radius 2 is 1.71 bits per heavy atom. The summed E-state index contributed by atoms with van der Waals surface area (Å²) in [6.45, 7) is 6.29. The van der Waals surface area contributed by atoms with E-state index in [2.05, 4.69) is 24.1 Å². The van der Waals surface area contributed by atoms with Crippen molar-refractivity contribution in [1.82, 2.24) is 10.2 Å². The minimum absolute atomic E-state index is 0.101. The Bertz CT molecular complexity index is 1030. The Balaban J connectivity index is 1.95. The Morgan fingerprint density at radius 3 is 2.31 bits per heavy atom. The lowest BCUT2D eigenvalue weighted by molar-refractivity contribution is 0.0729. The second kappa shape index (κ2) is 13.2. The second-order valence-corrected chi connectivity index (χ2v) is 10.9. The van der Waals surface area contributed by atoms with Gasteiger partial charge in [0, 0.05) is 6.54 Å². The number of rotatable bonds is 13. The van der Waals surface area contributed by atoms with Gasteiger partial charge in [0.05, 0.1) is 6.04 Å². The van der Waals surface area contributed by atoms with Crippen LogP contribution in [-0.4, -0.2) is 55.1 Å². The maximum atomic E-state index is 12.8. The van der Waals surface area contributed by atoms with Crippen LogP contribution in [0, 0.1) is 0 Å². The maximum Gasteiger partial charge on any atom is 0.216 e. The molecule has 0 fully saturated rings. The molecule has 2 aromatic rings. The number of aliphatic hydroxyl groups excluding tert-OH is 1. The third kappa shape index (κ3) is 7.88. The molecule has 8 heteroatoms. The molecule has 2 aromatic carbocycles. The van der Waals surface area contributed by atoms with Crippen molar-refractivity contribution >= 4 is 10.0 Å². The third-order valence-electron chi connectivity index (χ3n) is 6.39. The molecule has 4 atom stereocenters. The predicted molar refractivity (Wildman–Crippen MR) is 140 cm³/mol. The Kier molecular flexibility index (Phi) is 10.3. The number of nitrogens with two attached hydrogens (primary N) is 1. The molecule has 0 amide bonds. The Labute approximate surface area is 210 Å². The van der Waals surface area contributed by atoms with Gasteiger partial charge in [-0.3, -0.25) is 10.2 Å². The summed E-state index contributed by atoms with van der Waals surface area (Å²) in [5.74, 6) is 0.600. The fourth-order valence-corrected chi connectivity index (χ4v) is 5.59. The van der Waals surface area contributed by atoms with E-state index in [4.69, 9.17) is 9.88 Å². The molecule has 0 heterocycles. The molecule has 0 saturated carbocycles. The highest BCUT2D eigenvalue weighted by Gasteiger charge is 2.44. The van der Waals surface area contributed by atoms with E-state index in [9.17, 15) is 13.5 Å². The molecule has 0 radical (unpaired) electrons. The summed E-state index contributed by atoms with van der Waals surface area (Å²) in [6.07, 6.45) is 3.32. The van der Waals surface area contributed by atoms with Gasteiger partial charge in [-0.2, -0.15) is 0 Å². The van der Waals surface area contributed by atoms with E-state index >= 15 is 0 Å². The van der Waals surface area contributed by atoms with E-state index in [-0.39, 0.29) is 12.5 Å². The lowest BCUT2D eigenvalue weighted by Crippen LogP contribution is -2.57. The number of benzene rings is 2. The van der Waals surface area contributed by atoms with Gasteiger partial charge in [-0.05, 0) is 55.6 Å².